The minimum atomic E-state index is -0.168. The van der Waals surface area contributed by atoms with Gasteiger partial charge in [0, 0.05) is 13.1 Å². The number of benzene rings is 1. The van der Waals surface area contributed by atoms with Gasteiger partial charge in [0.2, 0.25) is 0 Å². The molecule has 2 heteroatoms. The van der Waals surface area contributed by atoms with Gasteiger partial charge in [-0.1, -0.05) is 30.3 Å². The highest BCUT2D eigenvalue weighted by Gasteiger charge is 2.23. The Balaban J connectivity index is 1.90. The Morgan fingerprint density at radius 3 is 2.81 bits per heavy atom. The smallest absolute Gasteiger partial charge is 0.0552 e. The van der Waals surface area contributed by atoms with Gasteiger partial charge >= 0.3 is 0 Å². The Morgan fingerprint density at radius 2 is 2.12 bits per heavy atom. The Morgan fingerprint density at radius 1 is 1.38 bits per heavy atom. The summed E-state index contributed by atoms with van der Waals surface area (Å²) >= 11 is 0. The summed E-state index contributed by atoms with van der Waals surface area (Å²) in [7, 11) is 0. The van der Waals surface area contributed by atoms with Crippen molar-refractivity contribution in [1.82, 2.24) is 4.90 Å². The fourth-order valence-electron chi connectivity index (χ4n) is 2.47. The fourth-order valence-corrected chi connectivity index (χ4v) is 2.47. The van der Waals surface area contributed by atoms with Crippen LogP contribution in [0.25, 0.3) is 0 Å². The summed E-state index contributed by atoms with van der Waals surface area (Å²) in [5.74, 6) is 0.456. The SMILES string of the molecule is C[C@@H](O)C1CCCN(Cc2ccccc2)C1. The Labute approximate surface area is 97.9 Å². The van der Waals surface area contributed by atoms with E-state index in [0.717, 1.165) is 19.6 Å². The molecule has 1 aromatic carbocycles. The second kappa shape index (κ2) is 5.46. The molecule has 1 heterocycles. The van der Waals surface area contributed by atoms with E-state index < -0.39 is 0 Å². The average Bonchev–Trinajstić information content (AvgIpc) is 2.30. The van der Waals surface area contributed by atoms with Crippen LogP contribution in [0.3, 0.4) is 0 Å². The number of aliphatic hydroxyl groups is 1. The molecule has 1 saturated heterocycles. The van der Waals surface area contributed by atoms with Gasteiger partial charge in [0.15, 0.2) is 0 Å². The van der Waals surface area contributed by atoms with Crippen LogP contribution in [-0.4, -0.2) is 29.2 Å². The van der Waals surface area contributed by atoms with Crippen molar-refractivity contribution < 1.29 is 5.11 Å². The summed E-state index contributed by atoms with van der Waals surface area (Å²) in [5.41, 5.74) is 1.37. The van der Waals surface area contributed by atoms with Gasteiger partial charge in [-0.05, 0) is 37.8 Å². The van der Waals surface area contributed by atoms with Crippen LogP contribution >= 0.6 is 0 Å². The zero-order valence-electron chi connectivity index (χ0n) is 9.97. The van der Waals surface area contributed by atoms with E-state index in [4.69, 9.17) is 0 Å². The molecule has 1 fully saturated rings. The molecule has 1 aliphatic rings. The minimum Gasteiger partial charge on any atom is -0.393 e. The average molecular weight is 219 g/mol. The summed E-state index contributed by atoms with van der Waals surface area (Å²) < 4.78 is 0. The molecule has 1 aliphatic heterocycles. The molecule has 1 aromatic rings. The monoisotopic (exact) mass is 219 g/mol. The number of hydrogen-bond acceptors (Lipinski definition) is 2. The molecule has 0 aromatic heterocycles. The second-order valence-corrected chi connectivity index (χ2v) is 4.86. The fraction of sp³-hybridized carbons (Fsp3) is 0.571. The molecule has 2 atom stereocenters. The lowest BCUT2D eigenvalue weighted by Crippen LogP contribution is -2.38. The third kappa shape index (κ3) is 3.06. The van der Waals surface area contributed by atoms with Gasteiger partial charge in [-0.2, -0.15) is 0 Å². The Bertz CT molecular complexity index is 310. The first kappa shape index (κ1) is 11.6. The van der Waals surface area contributed by atoms with Crippen molar-refractivity contribution in [2.24, 2.45) is 5.92 Å². The van der Waals surface area contributed by atoms with Gasteiger partial charge in [0.1, 0.15) is 0 Å². The molecule has 88 valence electrons. The van der Waals surface area contributed by atoms with Crippen LogP contribution in [0.4, 0.5) is 0 Å². The number of likely N-dealkylation sites (tertiary alicyclic amines) is 1. The number of piperidine rings is 1. The van der Waals surface area contributed by atoms with E-state index in [9.17, 15) is 5.11 Å². The molecular weight excluding hydrogens is 198 g/mol. The Kier molecular flexibility index (Phi) is 3.97. The van der Waals surface area contributed by atoms with E-state index in [0.29, 0.717) is 5.92 Å². The highest BCUT2D eigenvalue weighted by Crippen LogP contribution is 2.21. The third-order valence-electron chi connectivity index (χ3n) is 3.47. The van der Waals surface area contributed by atoms with Gasteiger partial charge in [-0.3, -0.25) is 4.90 Å². The van der Waals surface area contributed by atoms with Crippen molar-refractivity contribution in [3.05, 3.63) is 35.9 Å². The summed E-state index contributed by atoms with van der Waals surface area (Å²) in [6, 6.07) is 10.6. The van der Waals surface area contributed by atoms with Crippen molar-refractivity contribution in [3.63, 3.8) is 0 Å². The maximum absolute atomic E-state index is 9.63. The van der Waals surface area contributed by atoms with Gasteiger partial charge in [-0.15, -0.1) is 0 Å². The largest absolute Gasteiger partial charge is 0.393 e. The van der Waals surface area contributed by atoms with Gasteiger partial charge < -0.3 is 5.11 Å². The van der Waals surface area contributed by atoms with Crippen molar-refractivity contribution in [3.8, 4) is 0 Å². The first-order valence-electron chi connectivity index (χ1n) is 6.20. The third-order valence-corrected chi connectivity index (χ3v) is 3.47. The van der Waals surface area contributed by atoms with Crippen LogP contribution < -0.4 is 0 Å². The molecule has 1 unspecified atom stereocenters. The summed E-state index contributed by atoms with van der Waals surface area (Å²) in [6.45, 7) is 5.13. The van der Waals surface area contributed by atoms with Crippen molar-refractivity contribution in [2.45, 2.75) is 32.4 Å². The van der Waals surface area contributed by atoms with E-state index in [1.54, 1.807) is 0 Å². The number of rotatable bonds is 3. The first-order valence-corrected chi connectivity index (χ1v) is 6.20. The molecule has 0 radical (unpaired) electrons. The van der Waals surface area contributed by atoms with Crippen LogP contribution in [0, 0.1) is 5.92 Å². The standard InChI is InChI=1S/C14H21NO/c1-12(16)14-8-5-9-15(11-14)10-13-6-3-2-4-7-13/h2-4,6-7,12,14,16H,5,8-11H2,1H3/t12-,14?/m1/s1. The summed E-state index contributed by atoms with van der Waals surface area (Å²) in [6.07, 6.45) is 2.21. The molecule has 0 bridgehead atoms. The molecule has 0 spiro atoms. The van der Waals surface area contributed by atoms with E-state index in [2.05, 4.69) is 35.2 Å². The van der Waals surface area contributed by atoms with Crippen LogP contribution in [0.5, 0.6) is 0 Å². The molecule has 0 aliphatic carbocycles. The maximum Gasteiger partial charge on any atom is 0.0552 e. The topological polar surface area (TPSA) is 23.5 Å². The van der Waals surface area contributed by atoms with Gasteiger partial charge in [0.05, 0.1) is 6.10 Å². The normalized spacial score (nSPS) is 24.2. The van der Waals surface area contributed by atoms with Crippen molar-refractivity contribution in [1.29, 1.82) is 0 Å². The zero-order valence-corrected chi connectivity index (χ0v) is 9.97. The predicted molar refractivity (Wildman–Crippen MR) is 66.1 cm³/mol. The van der Waals surface area contributed by atoms with Gasteiger partial charge in [-0.25, -0.2) is 0 Å². The molecular formula is C14H21NO. The summed E-state index contributed by atoms with van der Waals surface area (Å²) in [4.78, 5) is 2.45. The lowest BCUT2D eigenvalue weighted by Gasteiger charge is -2.34. The summed E-state index contributed by atoms with van der Waals surface area (Å²) in [5, 5.41) is 9.63. The molecule has 0 amide bonds. The highest BCUT2D eigenvalue weighted by atomic mass is 16.3. The maximum atomic E-state index is 9.63. The zero-order chi connectivity index (χ0) is 11.4. The second-order valence-electron chi connectivity index (χ2n) is 4.86. The van der Waals surface area contributed by atoms with Crippen LogP contribution in [0.2, 0.25) is 0 Å². The van der Waals surface area contributed by atoms with Crippen LogP contribution in [-0.2, 0) is 6.54 Å². The van der Waals surface area contributed by atoms with Gasteiger partial charge in [0.25, 0.3) is 0 Å². The molecule has 16 heavy (non-hydrogen) atoms. The first-order chi connectivity index (χ1) is 7.75. The van der Waals surface area contributed by atoms with Crippen molar-refractivity contribution >= 4 is 0 Å². The predicted octanol–water partition coefficient (Wildman–Crippen LogP) is 2.28. The van der Waals surface area contributed by atoms with E-state index in [-0.39, 0.29) is 6.10 Å². The molecule has 2 rings (SSSR count). The molecule has 0 saturated carbocycles. The van der Waals surface area contributed by atoms with E-state index in [1.807, 2.05) is 6.92 Å². The lowest BCUT2D eigenvalue weighted by molar-refractivity contribution is 0.0599. The van der Waals surface area contributed by atoms with E-state index in [1.165, 1.54) is 18.4 Å². The van der Waals surface area contributed by atoms with Crippen molar-refractivity contribution in [2.75, 3.05) is 13.1 Å². The number of nitrogens with zero attached hydrogens (tertiary/aromatic N) is 1. The van der Waals surface area contributed by atoms with Crippen LogP contribution in [0.15, 0.2) is 30.3 Å². The van der Waals surface area contributed by atoms with Crippen LogP contribution in [0.1, 0.15) is 25.3 Å². The highest BCUT2D eigenvalue weighted by molar-refractivity contribution is 5.14. The molecule has 2 nitrogen and oxygen atoms in total. The minimum absolute atomic E-state index is 0.168. The number of hydrogen-bond donors (Lipinski definition) is 1. The Hall–Kier alpha value is -0.860. The number of aliphatic hydroxyl groups excluding tert-OH is 1. The van der Waals surface area contributed by atoms with E-state index >= 15 is 0 Å². The molecule has 1 N–H and O–H groups in total. The lowest BCUT2D eigenvalue weighted by atomic mass is 9.93. The quantitative estimate of drug-likeness (QED) is 0.843.